The van der Waals surface area contributed by atoms with Gasteiger partial charge in [-0.2, -0.15) is 13.2 Å². The van der Waals surface area contributed by atoms with E-state index in [0.717, 1.165) is 30.0 Å². The van der Waals surface area contributed by atoms with Crippen LogP contribution in [-0.4, -0.2) is 23.8 Å². The SMILES string of the molecule is CCCc1nc(COCC(F)(F)F)sc1CNC1CC1. The van der Waals surface area contributed by atoms with Crippen LogP contribution in [0.3, 0.4) is 0 Å². The van der Waals surface area contributed by atoms with Gasteiger partial charge in [-0.15, -0.1) is 11.3 Å². The molecule has 0 saturated heterocycles. The van der Waals surface area contributed by atoms with Crippen molar-refractivity contribution in [1.29, 1.82) is 0 Å². The lowest BCUT2D eigenvalue weighted by Crippen LogP contribution is -2.16. The summed E-state index contributed by atoms with van der Waals surface area (Å²) in [4.78, 5) is 5.53. The number of hydrogen-bond acceptors (Lipinski definition) is 4. The Morgan fingerprint density at radius 3 is 2.75 bits per heavy atom. The molecule has 1 aliphatic rings. The number of aromatic nitrogens is 1. The highest BCUT2D eigenvalue weighted by Crippen LogP contribution is 2.24. The summed E-state index contributed by atoms with van der Waals surface area (Å²) in [6, 6.07) is 0.608. The zero-order chi connectivity index (χ0) is 14.6. The monoisotopic (exact) mass is 308 g/mol. The number of hydrogen-bond donors (Lipinski definition) is 1. The van der Waals surface area contributed by atoms with Crippen LogP contribution < -0.4 is 5.32 Å². The summed E-state index contributed by atoms with van der Waals surface area (Å²) in [5, 5.41) is 4.04. The first kappa shape index (κ1) is 15.7. The maximum absolute atomic E-state index is 12.0. The molecule has 0 aliphatic heterocycles. The lowest BCUT2D eigenvalue weighted by atomic mass is 10.2. The smallest absolute Gasteiger partial charge is 0.365 e. The summed E-state index contributed by atoms with van der Waals surface area (Å²) in [5.74, 6) is 0. The van der Waals surface area contributed by atoms with E-state index in [1.54, 1.807) is 0 Å². The Kier molecular flexibility index (Phi) is 5.40. The molecule has 20 heavy (non-hydrogen) atoms. The number of rotatable bonds is 8. The summed E-state index contributed by atoms with van der Waals surface area (Å²) in [5.41, 5.74) is 0.997. The van der Waals surface area contributed by atoms with E-state index in [-0.39, 0.29) is 6.61 Å². The Morgan fingerprint density at radius 1 is 1.40 bits per heavy atom. The van der Waals surface area contributed by atoms with E-state index in [0.29, 0.717) is 11.0 Å². The fourth-order valence-corrected chi connectivity index (χ4v) is 2.85. The van der Waals surface area contributed by atoms with Crippen LogP contribution in [0.1, 0.15) is 41.8 Å². The Hall–Kier alpha value is -0.660. The van der Waals surface area contributed by atoms with Crippen molar-refractivity contribution < 1.29 is 17.9 Å². The molecule has 3 nitrogen and oxygen atoms in total. The summed E-state index contributed by atoms with van der Waals surface area (Å²) >= 11 is 1.45. The molecule has 1 aliphatic carbocycles. The zero-order valence-corrected chi connectivity index (χ0v) is 12.2. The molecule has 1 N–H and O–H groups in total. The molecule has 1 heterocycles. The first-order valence-electron chi connectivity index (χ1n) is 6.83. The van der Waals surface area contributed by atoms with Crippen molar-refractivity contribution in [2.45, 2.75) is 58.0 Å². The minimum Gasteiger partial charge on any atom is -0.365 e. The van der Waals surface area contributed by atoms with Gasteiger partial charge in [-0.25, -0.2) is 4.98 Å². The van der Waals surface area contributed by atoms with Crippen molar-refractivity contribution >= 4 is 11.3 Å². The Morgan fingerprint density at radius 2 is 2.15 bits per heavy atom. The molecule has 2 rings (SSSR count). The summed E-state index contributed by atoms with van der Waals surface area (Å²) in [6.45, 7) is 1.55. The number of ether oxygens (including phenoxy) is 1. The number of alkyl halides is 3. The van der Waals surface area contributed by atoms with Crippen molar-refractivity contribution in [2.24, 2.45) is 0 Å². The number of aryl methyl sites for hydroxylation is 1. The maximum atomic E-state index is 12.0. The Balaban J connectivity index is 1.89. The van der Waals surface area contributed by atoms with E-state index in [2.05, 4.69) is 22.0 Å². The van der Waals surface area contributed by atoms with Crippen LogP contribution in [0.5, 0.6) is 0 Å². The summed E-state index contributed by atoms with van der Waals surface area (Å²) < 4.78 is 40.8. The average molecular weight is 308 g/mol. The predicted molar refractivity (Wildman–Crippen MR) is 71.7 cm³/mol. The molecule has 0 radical (unpaired) electrons. The normalized spacial score (nSPS) is 15.8. The van der Waals surface area contributed by atoms with Crippen molar-refractivity contribution in [3.05, 3.63) is 15.6 Å². The van der Waals surface area contributed by atoms with Gasteiger partial charge in [-0.3, -0.25) is 0 Å². The molecule has 0 atom stereocenters. The third-order valence-electron chi connectivity index (χ3n) is 2.93. The Labute approximate surface area is 120 Å². The standard InChI is InChI=1S/C13H19F3N2OS/c1-2-3-10-11(6-17-9-4-5-9)20-12(18-10)7-19-8-13(14,15)16/h9,17H,2-8H2,1H3. The molecule has 7 heteroatoms. The van der Waals surface area contributed by atoms with Gasteiger partial charge in [0.2, 0.25) is 0 Å². The van der Waals surface area contributed by atoms with Crippen LogP contribution in [0, 0.1) is 0 Å². The lowest BCUT2D eigenvalue weighted by Gasteiger charge is -2.05. The van der Waals surface area contributed by atoms with Gasteiger partial charge in [0, 0.05) is 17.5 Å². The van der Waals surface area contributed by atoms with E-state index in [9.17, 15) is 13.2 Å². The molecule has 0 amide bonds. The second-order valence-corrected chi connectivity index (χ2v) is 6.16. The van der Waals surface area contributed by atoms with Gasteiger partial charge < -0.3 is 10.1 Å². The molecule has 114 valence electrons. The topological polar surface area (TPSA) is 34.1 Å². The molecular weight excluding hydrogens is 289 g/mol. The summed E-state index contributed by atoms with van der Waals surface area (Å²) in [6.07, 6.45) is -0.0206. The average Bonchev–Trinajstić information content (AvgIpc) is 3.09. The van der Waals surface area contributed by atoms with Crippen molar-refractivity contribution in [1.82, 2.24) is 10.3 Å². The molecule has 0 bridgehead atoms. The highest BCUT2D eigenvalue weighted by molar-refractivity contribution is 7.11. The fraction of sp³-hybridized carbons (Fsp3) is 0.769. The van der Waals surface area contributed by atoms with Crippen molar-refractivity contribution in [2.75, 3.05) is 6.61 Å². The highest BCUT2D eigenvalue weighted by atomic mass is 32.1. The van der Waals surface area contributed by atoms with Gasteiger partial charge in [-0.05, 0) is 19.3 Å². The molecule has 0 spiro atoms. The van der Waals surface area contributed by atoms with Crippen LogP contribution in [-0.2, 0) is 24.3 Å². The molecule has 1 saturated carbocycles. The predicted octanol–water partition coefficient (Wildman–Crippen LogP) is 3.43. The molecule has 1 fully saturated rings. The van der Waals surface area contributed by atoms with Crippen LogP contribution >= 0.6 is 11.3 Å². The fourth-order valence-electron chi connectivity index (χ4n) is 1.85. The highest BCUT2D eigenvalue weighted by Gasteiger charge is 2.27. The van der Waals surface area contributed by atoms with Gasteiger partial charge in [0.05, 0.1) is 12.3 Å². The molecule has 0 unspecified atom stereocenters. The number of halogens is 3. The molecule has 0 aromatic carbocycles. The number of nitrogens with zero attached hydrogens (tertiary/aromatic N) is 1. The van der Waals surface area contributed by atoms with E-state index in [4.69, 9.17) is 0 Å². The first-order chi connectivity index (χ1) is 9.48. The zero-order valence-electron chi connectivity index (χ0n) is 11.4. The van der Waals surface area contributed by atoms with Crippen LogP contribution in [0.2, 0.25) is 0 Å². The third kappa shape index (κ3) is 5.38. The minimum atomic E-state index is -4.28. The van der Waals surface area contributed by atoms with E-state index < -0.39 is 12.8 Å². The second-order valence-electron chi connectivity index (χ2n) is 4.99. The van der Waals surface area contributed by atoms with Crippen molar-refractivity contribution in [3.8, 4) is 0 Å². The number of nitrogens with one attached hydrogen (secondary N) is 1. The minimum absolute atomic E-state index is 0.0652. The van der Waals surface area contributed by atoms with Gasteiger partial charge in [0.1, 0.15) is 11.6 Å². The van der Waals surface area contributed by atoms with Gasteiger partial charge >= 0.3 is 6.18 Å². The lowest BCUT2D eigenvalue weighted by molar-refractivity contribution is -0.176. The largest absolute Gasteiger partial charge is 0.411 e. The third-order valence-corrected chi connectivity index (χ3v) is 4.00. The van der Waals surface area contributed by atoms with E-state index in [1.165, 1.54) is 24.2 Å². The van der Waals surface area contributed by atoms with Crippen LogP contribution in [0.4, 0.5) is 13.2 Å². The Bertz CT molecular complexity index is 430. The quantitative estimate of drug-likeness (QED) is 0.799. The first-order valence-corrected chi connectivity index (χ1v) is 7.65. The van der Waals surface area contributed by atoms with E-state index in [1.807, 2.05) is 0 Å². The van der Waals surface area contributed by atoms with Gasteiger partial charge in [-0.1, -0.05) is 13.3 Å². The van der Waals surface area contributed by atoms with Crippen LogP contribution in [0.15, 0.2) is 0 Å². The molecular formula is C13H19F3N2OS. The molecule has 1 aromatic rings. The second kappa shape index (κ2) is 6.87. The van der Waals surface area contributed by atoms with Gasteiger partial charge in [0.15, 0.2) is 0 Å². The summed E-state index contributed by atoms with van der Waals surface area (Å²) in [7, 11) is 0. The van der Waals surface area contributed by atoms with Crippen LogP contribution in [0.25, 0.3) is 0 Å². The van der Waals surface area contributed by atoms with Gasteiger partial charge in [0.25, 0.3) is 0 Å². The molecule has 1 aromatic heterocycles. The van der Waals surface area contributed by atoms with E-state index >= 15 is 0 Å². The number of thiazole rings is 1. The van der Waals surface area contributed by atoms with Crippen molar-refractivity contribution in [3.63, 3.8) is 0 Å². The maximum Gasteiger partial charge on any atom is 0.411 e.